The molecule has 0 bridgehead atoms. The Morgan fingerprint density at radius 1 is 1.05 bits per heavy atom. The first-order chi connectivity index (χ1) is 10.3. The van der Waals surface area contributed by atoms with Crippen molar-refractivity contribution in [1.29, 1.82) is 0 Å². The summed E-state index contributed by atoms with van der Waals surface area (Å²) >= 11 is 0. The van der Waals surface area contributed by atoms with Crippen LogP contribution in [0, 0.1) is 0 Å². The monoisotopic (exact) mass is 278 g/mol. The molecule has 0 aliphatic heterocycles. The fourth-order valence-corrected chi connectivity index (χ4v) is 2.69. The molecule has 1 aliphatic carbocycles. The third kappa shape index (κ3) is 3.57. The van der Waals surface area contributed by atoms with Crippen molar-refractivity contribution < 1.29 is 4.79 Å². The SMILES string of the molecule is O=C1C=C(NCc2ccncc2)C[C@H](c2ccccc2)C1. The van der Waals surface area contributed by atoms with Gasteiger partial charge in [-0.25, -0.2) is 0 Å². The average Bonchev–Trinajstić information content (AvgIpc) is 2.54. The van der Waals surface area contributed by atoms with E-state index in [1.54, 1.807) is 18.5 Å². The van der Waals surface area contributed by atoms with E-state index in [2.05, 4.69) is 22.4 Å². The van der Waals surface area contributed by atoms with Crippen molar-refractivity contribution in [2.24, 2.45) is 0 Å². The van der Waals surface area contributed by atoms with Crippen molar-refractivity contribution >= 4 is 5.78 Å². The van der Waals surface area contributed by atoms with Crippen LogP contribution < -0.4 is 5.32 Å². The van der Waals surface area contributed by atoms with E-state index < -0.39 is 0 Å². The van der Waals surface area contributed by atoms with Gasteiger partial charge in [0.05, 0.1) is 0 Å². The highest BCUT2D eigenvalue weighted by atomic mass is 16.1. The number of hydrogen-bond donors (Lipinski definition) is 1. The van der Waals surface area contributed by atoms with Crippen LogP contribution in [0.5, 0.6) is 0 Å². The van der Waals surface area contributed by atoms with Gasteiger partial charge in [0.25, 0.3) is 0 Å². The third-order valence-corrected chi connectivity index (χ3v) is 3.79. The van der Waals surface area contributed by atoms with Gasteiger partial charge in [-0.2, -0.15) is 0 Å². The molecular weight excluding hydrogens is 260 g/mol. The lowest BCUT2D eigenvalue weighted by Gasteiger charge is -2.23. The molecule has 1 aromatic heterocycles. The zero-order valence-electron chi connectivity index (χ0n) is 11.8. The molecule has 0 saturated carbocycles. The van der Waals surface area contributed by atoms with Crippen LogP contribution in [0.3, 0.4) is 0 Å². The number of allylic oxidation sites excluding steroid dienone is 2. The maximum absolute atomic E-state index is 11.9. The summed E-state index contributed by atoms with van der Waals surface area (Å²) in [5.41, 5.74) is 3.43. The number of carbonyl (C=O) groups excluding carboxylic acids is 1. The van der Waals surface area contributed by atoms with Crippen molar-refractivity contribution in [3.8, 4) is 0 Å². The van der Waals surface area contributed by atoms with Crippen molar-refractivity contribution in [1.82, 2.24) is 10.3 Å². The first kappa shape index (κ1) is 13.6. The van der Waals surface area contributed by atoms with Gasteiger partial charge in [-0.1, -0.05) is 30.3 Å². The largest absolute Gasteiger partial charge is 0.384 e. The maximum atomic E-state index is 11.9. The Morgan fingerprint density at radius 2 is 1.81 bits per heavy atom. The molecule has 0 spiro atoms. The lowest BCUT2D eigenvalue weighted by Crippen LogP contribution is -2.21. The molecule has 1 aliphatic rings. The minimum absolute atomic E-state index is 0.201. The molecule has 21 heavy (non-hydrogen) atoms. The van der Waals surface area contributed by atoms with E-state index in [0.717, 1.165) is 18.7 Å². The highest BCUT2D eigenvalue weighted by Gasteiger charge is 2.21. The summed E-state index contributed by atoms with van der Waals surface area (Å²) in [6.45, 7) is 0.725. The molecule has 3 heteroatoms. The van der Waals surface area contributed by atoms with Gasteiger partial charge >= 0.3 is 0 Å². The fraction of sp³-hybridized carbons (Fsp3) is 0.222. The molecule has 0 fully saturated rings. The second kappa shape index (κ2) is 6.35. The van der Waals surface area contributed by atoms with Gasteiger partial charge < -0.3 is 5.32 Å². The maximum Gasteiger partial charge on any atom is 0.158 e. The van der Waals surface area contributed by atoms with Crippen molar-refractivity contribution in [3.63, 3.8) is 0 Å². The smallest absolute Gasteiger partial charge is 0.158 e. The van der Waals surface area contributed by atoms with E-state index >= 15 is 0 Å². The van der Waals surface area contributed by atoms with E-state index in [1.165, 1.54) is 11.1 Å². The molecular formula is C18H18N2O. The third-order valence-electron chi connectivity index (χ3n) is 3.79. The first-order valence-electron chi connectivity index (χ1n) is 7.22. The lowest BCUT2D eigenvalue weighted by molar-refractivity contribution is -0.115. The Balaban J connectivity index is 1.67. The van der Waals surface area contributed by atoms with Crippen LogP contribution >= 0.6 is 0 Å². The molecule has 1 aromatic carbocycles. The van der Waals surface area contributed by atoms with Gasteiger partial charge in [-0.05, 0) is 35.6 Å². The molecule has 1 N–H and O–H groups in total. The normalized spacial score (nSPS) is 18.2. The standard InChI is InChI=1S/C18H18N2O/c21-18-11-16(15-4-2-1-3-5-15)10-17(12-18)20-13-14-6-8-19-9-7-14/h1-9,12,16,20H,10-11,13H2/t16-/m0/s1. The van der Waals surface area contributed by atoms with Gasteiger partial charge in [-0.15, -0.1) is 0 Å². The molecule has 2 aromatic rings. The van der Waals surface area contributed by atoms with Gasteiger partial charge in [0.2, 0.25) is 0 Å². The summed E-state index contributed by atoms with van der Waals surface area (Å²) in [4.78, 5) is 15.9. The van der Waals surface area contributed by atoms with E-state index in [9.17, 15) is 4.79 Å². The Kier molecular flexibility index (Phi) is 4.10. The number of nitrogens with zero attached hydrogens (tertiary/aromatic N) is 1. The van der Waals surface area contributed by atoms with Crippen LogP contribution in [-0.2, 0) is 11.3 Å². The van der Waals surface area contributed by atoms with Crippen LogP contribution in [0.25, 0.3) is 0 Å². The summed E-state index contributed by atoms with van der Waals surface area (Å²) in [5, 5.41) is 3.38. The molecule has 0 saturated heterocycles. The fourth-order valence-electron chi connectivity index (χ4n) is 2.69. The summed E-state index contributed by atoms with van der Waals surface area (Å²) < 4.78 is 0. The Bertz CT molecular complexity index is 635. The van der Waals surface area contributed by atoms with Gasteiger partial charge in [-0.3, -0.25) is 9.78 Å². The lowest BCUT2D eigenvalue weighted by atomic mass is 9.85. The molecule has 1 heterocycles. The molecule has 0 radical (unpaired) electrons. The van der Waals surface area contributed by atoms with Crippen LogP contribution in [0.1, 0.15) is 29.9 Å². The Hall–Kier alpha value is -2.42. The van der Waals surface area contributed by atoms with Crippen LogP contribution in [0.2, 0.25) is 0 Å². The summed E-state index contributed by atoms with van der Waals surface area (Å²) in [6.07, 6.45) is 6.81. The topological polar surface area (TPSA) is 42.0 Å². The highest BCUT2D eigenvalue weighted by Crippen LogP contribution is 2.30. The number of aromatic nitrogens is 1. The Labute approximate surface area is 124 Å². The number of benzene rings is 1. The van der Waals surface area contributed by atoms with Gasteiger partial charge in [0.1, 0.15) is 0 Å². The van der Waals surface area contributed by atoms with Crippen molar-refractivity contribution in [3.05, 3.63) is 77.8 Å². The number of pyridine rings is 1. The van der Waals surface area contributed by atoms with Gasteiger partial charge in [0, 0.05) is 37.1 Å². The number of nitrogens with one attached hydrogen (secondary N) is 1. The highest BCUT2D eigenvalue weighted by molar-refractivity contribution is 5.91. The molecule has 3 rings (SSSR count). The van der Waals surface area contributed by atoms with Gasteiger partial charge in [0.15, 0.2) is 5.78 Å². The summed E-state index contributed by atoms with van der Waals surface area (Å²) in [7, 11) is 0. The molecule has 0 amide bonds. The van der Waals surface area contributed by atoms with Crippen LogP contribution in [0.15, 0.2) is 66.6 Å². The summed E-state index contributed by atoms with van der Waals surface area (Å²) in [5.74, 6) is 0.482. The predicted molar refractivity (Wildman–Crippen MR) is 82.6 cm³/mol. The van der Waals surface area contributed by atoms with Crippen LogP contribution in [0.4, 0.5) is 0 Å². The number of hydrogen-bond acceptors (Lipinski definition) is 3. The van der Waals surface area contributed by atoms with E-state index in [0.29, 0.717) is 6.42 Å². The van der Waals surface area contributed by atoms with E-state index in [1.807, 2.05) is 30.3 Å². The molecule has 1 atom stereocenters. The molecule has 0 unspecified atom stereocenters. The Morgan fingerprint density at radius 3 is 2.57 bits per heavy atom. The van der Waals surface area contributed by atoms with E-state index in [-0.39, 0.29) is 11.7 Å². The summed E-state index contributed by atoms with van der Waals surface area (Å²) in [6, 6.07) is 14.2. The molecule has 3 nitrogen and oxygen atoms in total. The zero-order valence-corrected chi connectivity index (χ0v) is 11.8. The van der Waals surface area contributed by atoms with Crippen LogP contribution in [-0.4, -0.2) is 10.8 Å². The van der Waals surface area contributed by atoms with Crippen molar-refractivity contribution in [2.45, 2.75) is 25.3 Å². The quantitative estimate of drug-likeness (QED) is 0.933. The number of ketones is 1. The second-order valence-corrected chi connectivity index (χ2v) is 5.36. The minimum Gasteiger partial charge on any atom is -0.384 e. The number of rotatable bonds is 4. The minimum atomic E-state index is 0.201. The first-order valence-corrected chi connectivity index (χ1v) is 7.22. The average molecular weight is 278 g/mol. The second-order valence-electron chi connectivity index (χ2n) is 5.36. The van der Waals surface area contributed by atoms with Crippen molar-refractivity contribution in [2.75, 3.05) is 0 Å². The predicted octanol–water partition coefficient (Wildman–Crippen LogP) is 3.20. The zero-order chi connectivity index (χ0) is 14.5. The number of carbonyl (C=O) groups is 1. The molecule has 106 valence electrons. The van der Waals surface area contributed by atoms with E-state index in [4.69, 9.17) is 0 Å².